The fraction of sp³-hybridized carbons (Fsp3) is 0.286. The molecule has 2 heteroatoms. The summed E-state index contributed by atoms with van der Waals surface area (Å²) in [5.74, 6) is 0.918. The lowest BCUT2D eigenvalue weighted by Gasteiger charge is -2.12. The van der Waals surface area contributed by atoms with Crippen LogP contribution in [0.15, 0.2) is 41.0 Å². The molecule has 0 spiro atoms. The average Bonchev–Trinajstić information content (AvgIpc) is 2.68. The van der Waals surface area contributed by atoms with Gasteiger partial charge < -0.3 is 10.2 Å². The van der Waals surface area contributed by atoms with Crippen molar-refractivity contribution in [2.45, 2.75) is 26.3 Å². The molecule has 0 aliphatic carbocycles. The van der Waals surface area contributed by atoms with Gasteiger partial charge in [0.05, 0.1) is 6.26 Å². The van der Waals surface area contributed by atoms with Crippen molar-refractivity contribution in [1.29, 1.82) is 0 Å². The van der Waals surface area contributed by atoms with E-state index in [4.69, 9.17) is 10.2 Å². The topological polar surface area (TPSA) is 39.2 Å². The summed E-state index contributed by atoms with van der Waals surface area (Å²) in [6, 6.07) is 10.3. The summed E-state index contributed by atoms with van der Waals surface area (Å²) in [5.41, 5.74) is 9.87. The summed E-state index contributed by atoms with van der Waals surface area (Å²) in [4.78, 5) is 0. The van der Waals surface area contributed by atoms with Crippen LogP contribution >= 0.6 is 0 Å². The second-order valence-corrected chi connectivity index (χ2v) is 4.17. The third kappa shape index (κ3) is 2.17. The molecule has 2 aromatic rings. The monoisotopic (exact) mass is 215 g/mol. The van der Waals surface area contributed by atoms with E-state index < -0.39 is 0 Å². The van der Waals surface area contributed by atoms with Crippen molar-refractivity contribution in [2.75, 3.05) is 0 Å². The molecule has 84 valence electrons. The molecule has 1 unspecified atom stereocenters. The van der Waals surface area contributed by atoms with Crippen LogP contribution in [0.5, 0.6) is 0 Å². The van der Waals surface area contributed by atoms with E-state index in [1.165, 1.54) is 11.1 Å². The lowest BCUT2D eigenvalue weighted by Crippen LogP contribution is -2.14. The van der Waals surface area contributed by atoms with E-state index in [9.17, 15) is 0 Å². The molecule has 0 aliphatic heterocycles. The van der Waals surface area contributed by atoms with Gasteiger partial charge in [-0.15, -0.1) is 0 Å². The molecule has 2 nitrogen and oxygen atoms in total. The van der Waals surface area contributed by atoms with Crippen LogP contribution in [-0.4, -0.2) is 0 Å². The van der Waals surface area contributed by atoms with Gasteiger partial charge in [-0.1, -0.05) is 24.3 Å². The second kappa shape index (κ2) is 4.54. The van der Waals surface area contributed by atoms with Gasteiger partial charge in [0.15, 0.2) is 0 Å². The fourth-order valence-corrected chi connectivity index (χ4v) is 1.97. The number of hydrogen-bond acceptors (Lipinski definition) is 2. The van der Waals surface area contributed by atoms with Gasteiger partial charge in [-0.2, -0.15) is 0 Å². The molecule has 1 atom stereocenters. The van der Waals surface area contributed by atoms with Gasteiger partial charge >= 0.3 is 0 Å². The summed E-state index contributed by atoms with van der Waals surface area (Å²) < 4.78 is 5.27. The molecule has 1 aromatic heterocycles. The smallest absolute Gasteiger partial charge is 0.105 e. The predicted octanol–water partition coefficient (Wildman–Crippen LogP) is 3.14. The van der Waals surface area contributed by atoms with Gasteiger partial charge in [-0.3, -0.25) is 0 Å². The van der Waals surface area contributed by atoms with Crippen LogP contribution in [0, 0.1) is 13.8 Å². The van der Waals surface area contributed by atoms with Crippen molar-refractivity contribution in [3.05, 3.63) is 59.0 Å². The Bertz CT molecular complexity index is 473. The molecular weight excluding hydrogens is 198 g/mol. The zero-order chi connectivity index (χ0) is 11.5. The maximum atomic E-state index is 6.18. The van der Waals surface area contributed by atoms with Crippen molar-refractivity contribution in [3.63, 3.8) is 0 Å². The lowest BCUT2D eigenvalue weighted by atomic mass is 9.97. The minimum Gasteiger partial charge on any atom is -0.469 e. The first-order valence-corrected chi connectivity index (χ1v) is 5.52. The summed E-state index contributed by atoms with van der Waals surface area (Å²) >= 11 is 0. The number of furan rings is 1. The number of aryl methyl sites for hydroxylation is 2. The van der Waals surface area contributed by atoms with Crippen molar-refractivity contribution >= 4 is 0 Å². The molecule has 1 heterocycles. The van der Waals surface area contributed by atoms with E-state index >= 15 is 0 Å². The Hall–Kier alpha value is -1.54. The van der Waals surface area contributed by atoms with Crippen LogP contribution in [0.25, 0.3) is 0 Å². The number of benzene rings is 1. The standard InChI is InChI=1S/C14H17NO/c1-10-5-3-4-6-12(10)9-14(15)13-7-8-16-11(13)2/h3-8,14H,9,15H2,1-2H3. The van der Waals surface area contributed by atoms with Crippen molar-refractivity contribution in [3.8, 4) is 0 Å². The van der Waals surface area contributed by atoms with Crippen molar-refractivity contribution in [2.24, 2.45) is 5.73 Å². The maximum Gasteiger partial charge on any atom is 0.105 e. The van der Waals surface area contributed by atoms with Crippen LogP contribution in [-0.2, 0) is 6.42 Å². The highest BCUT2D eigenvalue weighted by Crippen LogP contribution is 2.21. The summed E-state index contributed by atoms with van der Waals surface area (Å²) in [5, 5.41) is 0. The Labute approximate surface area is 96.1 Å². The van der Waals surface area contributed by atoms with Gasteiger partial charge in [-0.25, -0.2) is 0 Å². The molecule has 1 aromatic carbocycles. The summed E-state index contributed by atoms with van der Waals surface area (Å²) in [6.45, 7) is 4.07. The first-order valence-electron chi connectivity index (χ1n) is 5.52. The van der Waals surface area contributed by atoms with Crippen LogP contribution in [0.3, 0.4) is 0 Å². The van der Waals surface area contributed by atoms with Crippen LogP contribution < -0.4 is 5.73 Å². The van der Waals surface area contributed by atoms with E-state index in [0.29, 0.717) is 0 Å². The van der Waals surface area contributed by atoms with Gasteiger partial charge in [0.1, 0.15) is 5.76 Å². The highest BCUT2D eigenvalue weighted by molar-refractivity contribution is 5.29. The zero-order valence-corrected chi connectivity index (χ0v) is 9.73. The Morgan fingerprint density at radius 3 is 2.56 bits per heavy atom. The largest absolute Gasteiger partial charge is 0.469 e. The van der Waals surface area contributed by atoms with E-state index in [2.05, 4.69) is 25.1 Å². The highest BCUT2D eigenvalue weighted by Gasteiger charge is 2.12. The molecule has 0 radical (unpaired) electrons. The third-order valence-corrected chi connectivity index (χ3v) is 3.00. The zero-order valence-electron chi connectivity index (χ0n) is 9.73. The fourth-order valence-electron chi connectivity index (χ4n) is 1.97. The Kier molecular flexibility index (Phi) is 3.11. The molecule has 2 N–H and O–H groups in total. The maximum absolute atomic E-state index is 6.18. The van der Waals surface area contributed by atoms with Gasteiger partial charge in [0.25, 0.3) is 0 Å². The van der Waals surface area contributed by atoms with Gasteiger partial charge in [-0.05, 0) is 37.5 Å². The van der Waals surface area contributed by atoms with Crippen molar-refractivity contribution < 1.29 is 4.42 Å². The van der Waals surface area contributed by atoms with Crippen LogP contribution in [0.4, 0.5) is 0 Å². The first kappa shape index (κ1) is 11.0. The summed E-state index contributed by atoms with van der Waals surface area (Å²) in [7, 11) is 0. The molecule has 0 amide bonds. The van der Waals surface area contributed by atoms with Gasteiger partial charge in [0, 0.05) is 11.6 Å². The Morgan fingerprint density at radius 2 is 1.94 bits per heavy atom. The third-order valence-electron chi connectivity index (χ3n) is 3.00. The molecule has 0 bridgehead atoms. The van der Waals surface area contributed by atoms with Crippen molar-refractivity contribution in [1.82, 2.24) is 0 Å². The average molecular weight is 215 g/mol. The lowest BCUT2D eigenvalue weighted by molar-refractivity contribution is 0.524. The Morgan fingerprint density at radius 1 is 1.19 bits per heavy atom. The number of hydrogen-bond donors (Lipinski definition) is 1. The Balaban J connectivity index is 2.17. The SMILES string of the molecule is Cc1ccccc1CC(N)c1ccoc1C. The van der Waals surface area contributed by atoms with E-state index in [1.807, 2.05) is 19.1 Å². The second-order valence-electron chi connectivity index (χ2n) is 4.17. The van der Waals surface area contributed by atoms with Crippen LogP contribution in [0.1, 0.15) is 28.5 Å². The molecule has 0 aliphatic rings. The summed E-state index contributed by atoms with van der Waals surface area (Å²) in [6.07, 6.45) is 2.55. The quantitative estimate of drug-likeness (QED) is 0.854. The number of nitrogens with two attached hydrogens (primary N) is 1. The first-order chi connectivity index (χ1) is 7.68. The normalized spacial score (nSPS) is 12.7. The van der Waals surface area contributed by atoms with E-state index in [0.717, 1.165) is 17.7 Å². The van der Waals surface area contributed by atoms with Gasteiger partial charge in [0.2, 0.25) is 0 Å². The molecule has 0 saturated heterocycles. The molecular formula is C14H17NO. The highest BCUT2D eigenvalue weighted by atomic mass is 16.3. The molecule has 16 heavy (non-hydrogen) atoms. The van der Waals surface area contributed by atoms with E-state index in [1.54, 1.807) is 6.26 Å². The molecule has 0 saturated carbocycles. The van der Waals surface area contributed by atoms with E-state index in [-0.39, 0.29) is 6.04 Å². The minimum absolute atomic E-state index is 0.0137. The predicted molar refractivity (Wildman–Crippen MR) is 65.3 cm³/mol. The molecule has 0 fully saturated rings. The molecule has 2 rings (SSSR count). The minimum atomic E-state index is 0.0137. The van der Waals surface area contributed by atoms with Crippen LogP contribution in [0.2, 0.25) is 0 Å². The number of rotatable bonds is 3.